The van der Waals surface area contributed by atoms with E-state index in [1.54, 1.807) is 0 Å². The first kappa shape index (κ1) is 14.2. The summed E-state index contributed by atoms with van der Waals surface area (Å²) in [4.78, 5) is 12.7. The van der Waals surface area contributed by atoms with Gasteiger partial charge in [0.05, 0.1) is 0 Å². The molecule has 0 atom stereocenters. The summed E-state index contributed by atoms with van der Waals surface area (Å²) in [5, 5.41) is 9.87. The molecule has 22 heavy (non-hydrogen) atoms. The Balaban J connectivity index is 2.14. The molecule has 0 aliphatic carbocycles. The summed E-state index contributed by atoms with van der Waals surface area (Å²) >= 11 is 0. The summed E-state index contributed by atoms with van der Waals surface area (Å²) in [5.41, 5.74) is 4.06. The minimum Gasteiger partial charge on any atom is -0.479 e. The summed E-state index contributed by atoms with van der Waals surface area (Å²) in [6.45, 7) is 4.12. The van der Waals surface area contributed by atoms with Crippen molar-refractivity contribution in [2.24, 2.45) is 0 Å². The molecule has 3 rings (SSSR count). The van der Waals surface area contributed by atoms with E-state index in [1.165, 1.54) is 5.56 Å². The van der Waals surface area contributed by atoms with Crippen LogP contribution < -0.4 is 0 Å². The number of hydrogen-bond acceptors (Lipinski definition) is 4. The van der Waals surface area contributed by atoms with Crippen LogP contribution in [-0.4, -0.2) is 20.1 Å². The van der Waals surface area contributed by atoms with E-state index in [0.717, 1.165) is 23.1 Å². The smallest absolute Gasteiger partial charge is 0.318 e. The third kappa shape index (κ3) is 2.81. The molecular formula is C18H17N3O. The topological polar surface area (TPSA) is 58.9 Å². The Morgan fingerprint density at radius 3 is 2.36 bits per heavy atom. The highest BCUT2D eigenvalue weighted by molar-refractivity contribution is 5.64. The lowest BCUT2D eigenvalue weighted by Gasteiger charge is -2.08. The first-order chi connectivity index (χ1) is 10.7. The van der Waals surface area contributed by atoms with Gasteiger partial charge in [0.1, 0.15) is 0 Å². The summed E-state index contributed by atoms with van der Waals surface area (Å²) in [6, 6.07) is 15.5. The molecule has 110 valence electrons. The summed E-state index contributed by atoms with van der Waals surface area (Å²) in [5.74, 6) is 0.976. The summed E-state index contributed by atoms with van der Waals surface area (Å²) in [6.07, 6.45) is 0.940. The minimum absolute atomic E-state index is 0.259. The van der Waals surface area contributed by atoms with Crippen LogP contribution in [0.25, 0.3) is 22.8 Å². The van der Waals surface area contributed by atoms with Gasteiger partial charge in [0.25, 0.3) is 0 Å². The van der Waals surface area contributed by atoms with Crippen molar-refractivity contribution in [2.75, 3.05) is 0 Å². The molecule has 3 aromatic rings. The maximum absolute atomic E-state index is 9.87. The van der Waals surface area contributed by atoms with Crippen molar-refractivity contribution in [3.8, 4) is 28.8 Å². The van der Waals surface area contributed by atoms with Crippen molar-refractivity contribution in [2.45, 2.75) is 20.3 Å². The molecule has 0 saturated carbocycles. The average Bonchev–Trinajstić information content (AvgIpc) is 2.55. The van der Waals surface area contributed by atoms with E-state index in [0.29, 0.717) is 11.6 Å². The highest BCUT2D eigenvalue weighted by atomic mass is 16.3. The second-order valence-electron chi connectivity index (χ2n) is 5.15. The molecule has 1 N–H and O–H groups in total. The predicted octanol–water partition coefficient (Wildman–Crippen LogP) is 3.78. The second-order valence-corrected chi connectivity index (χ2v) is 5.15. The Morgan fingerprint density at radius 2 is 1.64 bits per heavy atom. The number of rotatable bonds is 3. The maximum Gasteiger partial charge on any atom is 0.318 e. The molecular weight excluding hydrogens is 274 g/mol. The van der Waals surface area contributed by atoms with Gasteiger partial charge in [-0.1, -0.05) is 49.4 Å². The SMILES string of the molecule is CCc1ccc(C)c(-c2nc(O)nc(-c3ccccc3)n2)c1. The monoisotopic (exact) mass is 291 g/mol. The van der Waals surface area contributed by atoms with Crippen LogP contribution in [0.3, 0.4) is 0 Å². The average molecular weight is 291 g/mol. The quantitative estimate of drug-likeness (QED) is 0.797. The van der Waals surface area contributed by atoms with Crippen molar-refractivity contribution >= 4 is 0 Å². The maximum atomic E-state index is 9.87. The third-order valence-corrected chi connectivity index (χ3v) is 3.61. The standard InChI is InChI=1S/C18H17N3O/c1-3-13-10-9-12(2)15(11-13)17-19-16(20-18(22)21-17)14-7-5-4-6-8-14/h4-11H,3H2,1-2H3,(H,19,20,21,22). The molecule has 0 aliphatic rings. The van der Waals surface area contributed by atoms with Crippen molar-refractivity contribution in [1.29, 1.82) is 0 Å². The number of nitrogens with zero attached hydrogens (tertiary/aromatic N) is 3. The molecule has 4 heteroatoms. The second kappa shape index (κ2) is 5.93. The number of hydrogen-bond donors (Lipinski definition) is 1. The third-order valence-electron chi connectivity index (χ3n) is 3.61. The molecule has 0 radical (unpaired) electrons. The largest absolute Gasteiger partial charge is 0.479 e. The van der Waals surface area contributed by atoms with E-state index in [9.17, 15) is 5.11 Å². The Bertz CT molecular complexity index is 801. The van der Waals surface area contributed by atoms with Crippen LogP contribution in [0.5, 0.6) is 6.01 Å². The highest BCUT2D eigenvalue weighted by Gasteiger charge is 2.11. The normalized spacial score (nSPS) is 10.6. The fourth-order valence-corrected chi connectivity index (χ4v) is 2.33. The molecule has 2 aromatic carbocycles. The molecule has 0 fully saturated rings. The Morgan fingerprint density at radius 1 is 0.909 bits per heavy atom. The van der Waals surface area contributed by atoms with Gasteiger partial charge < -0.3 is 5.11 Å². The Kier molecular flexibility index (Phi) is 3.83. The van der Waals surface area contributed by atoms with Gasteiger partial charge in [0, 0.05) is 11.1 Å². The summed E-state index contributed by atoms with van der Waals surface area (Å²) < 4.78 is 0. The van der Waals surface area contributed by atoms with Crippen LogP contribution in [-0.2, 0) is 6.42 Å². The van der Waals surface area contributed by atoms with Crippen LogP contribution in [0.4, 0.5) is 0 Å². The first-order valence-electron chi connectivity index (χ1n) is 7.27. The lowest BCUT2D eigenvalue weighted by Crippen LogP contribution is -1.98. The van der Waals surface area contributed by atoms with Crippen LogP contribution in [0.15, 0.2) is 48.5 Å². The molecule has 0 saturated heterocycles. The molecule has 0 spiro atoms. The van der Waals surface area contributed by atoms with Gasteiger partial charge in [-0.2, -0.15) is 9.97 Å². The first-order valence-corrected chi connectivity index (χ1v) is 7.27. The Hall–Kier alpha value is -2.75. The van der Waals surface area contributed by atoms with E-state index in [4.69, 9.17) is 0 Å². The lowest BCUT2D eigenvalue weighted by atomic mass is 10.0. The lowest BCUT2D eigenvalue weighted by molar-refractivity contribution is 0.430. The predicted molar refractivity (Wildman–Crippen MR) is 86.5 cm³/mol. The van der Waals surface area contributed by atoms with Crippen molar-refractivity contribution in [1.82, 2.24) is 15.0 Å². The van der Waals surface area contributed by atoms with E-state index >= 15 is 0 Å². The van der Waals surface area contributed by atoms with Crippen LogP contribution in [0.2, 0.25) is 0 Å². The number of aromatic hydroxyl groups is 1. The van der Waals surface area contributed by atoms with Crippen molar-refractivity contribution in [3.05, 3.63) is 59.7 Å². The number of benzene rings is 2. The Labute approximate surface area is 129 Å². The molecule has 0 bridgehead atoms. The molecule has 1 aromatic heterocycles. The van der Waals surface area contributed by atoms with Gasteiger partial charge in [-0.15, -0.1) is 0 Å². The van der Waals surface area contributed by atoms with Crippen molar-refractivity contribution < 1.29 is 5.11 Å². The van der Waals surface area contributed by atoms with Gasteiger partial charge in [-0.3, -0.25) is 0 Å². The van der Waals surface area contributed by atoms with Gasteiger partial charge in [-0.25, -0.2) is 4.98 Å². The number of aryl methyl sites for hydroxylation is 2. The fourth-order valence-electron chi connectivity index (χ4n) is 2.33. The van der Waals surface area contributed by atoms with Gasteiger partial charge in [0.15, 0.2) is 11.6 Å². The zero-order valence-corrected chi connectivity index (χ0v) is 12.6. The zero-order chi connectivity index (χ0) is 15.5. The van der Waals surface area contributed by atoms with E-state index in [1.807, 2.05) is 37.3 Å². The van der Waals surface area contributed by atoms with Crippen LogP contribution in [0.1, 0.15) is 18.1 Å². The van der Waals surface area contributed by atoms with Crippen LogP contribution in [0, 0.1) is 6.92 Å². The highest BCUT2D eigenvalue weighted by Crippen LogP contribution is 2.25. The molecule has 0 amide bonds. The number of aromatic nitrogens is 3. The molecule has 4 nitrogen and oxygen atoms in total. The van der Waals surface area contributed by atoms with Crippen molar-refractivity contribution in [3.63, 3.8) is 0 Å². The van der Waals surface area contributed by atoms with Crippen LogP contribution >= 0.6 is 0 Å². The summed E-state index contributed by atoms with van der Waals surface area (Å²) in [7, 11) is 0. The van der Waals surface area contributed by atoms with E-state index in [-0.39, 0.29) is 6.01 Å². The minimum atomic E-state index is -0.259. The van der Waals surface area contributed by atoms with Gasteiger partial charge in [0.2, 0.25) is 0 Å². The zero-order valence-electron chi connectivity index (χ0n) is 12.6. The fraction of sp³-hybridized carbons (Fsp3) is 0.167. The molecule has 0 unspecified atom stereocenters. The van der Waals surface area contributed by atoms with E-state index < -0.39 is 0 Å². The molecule has 0 aliphatic heterocycles. The van der Waals surface area contributed by atoms with Gasteiger partial charge in [-0.05, 0) is 30.5 Å². The van der Waals surface area contributed by atoms with E-state index in [2.05, 4.69) is 40.1 Å². The molecule has 1 heterocycles. The van der Waals surface area contributed by atoms with Gasteiger partial charge >= 0.3 is 6.01 Å².